The molecule has 4 heterocycles. The zero-order valence-electron chi connectivity index (χ0n) is 21.4. The van der Waals surface area contributed by atoms with E-state index in [1.807, 2.05) is 36.5 Å². The maximum absolute atomic E-state index is 6.04. The van der Waals surface area contributed by atoms with Crippen molar-refractivity contribution in [3.8, 4) is 17.0 Å². The van der Waals surface area contributed by atoms with Gasteiger partial charge in [-0.25, -0.2) is 9.97 Å². The van der Waals surface area contributed by atoms with Crippen molar-refractivity contribution in [3.63, 3.8) is 0 Å². The number of para-hydroxylation sites is 1. The third-order valence-corrected chi connectivity index (χ3v) is 6.94. The highest BCUT2D eigenvalue weighted by atomic mass is 16.5. The Morgan fingerprint density at radius 1 is 1.00 bits per heavy atom. The molecule has 2 aliphatic heterocycles. The Kier molecular flexibility index (Phi) is 7.57. The zero-order chi connectivity index (χ0) is 25.6. The number of anilines is 3. The van der Waals surface area contributed by atoms with Crippen LogP contribution in [0.5, 0.6) is 5.75 Å². The van der Waals surface area contributed by atoms with E-state index in [1.165, 1.54) is 5.69 Å². The van der Waals surface area contributed by atoms with Gasteiger partial charge in [-0.05, 0) is 30.3 Å². The molecule has 2 aromatic heterocycles. The molecule has 38 heavy (non-hydrogen) atoms. The first kappa shape index (κ1) is 24.5. The van der Waals surface area contributed by atoms with Gasteiger partial charge in [-0.2, -0.15) is 0 Å². The fourth-order valence-corrected chi connectivity index (χ4v) is 4.89. The minimum Gasteiger partial charge on any atom is -0.493 e. The van der Waals surface area contributed by atoms with E-state index in [4.69, 9.17) is 14.5 Å². The van der Waals surface area contributed by atoms with Crippen LogP contribution in [0.25, 0.3) is 22.2 Å². The fourth-order valence-electron chi connectivity index (χ4n) is 4.89. The molecule has 9 nitrogen and oxygen atoms in total. The highest BCUT2D eigenvalue weighted by molar-refractivity contribution is 5.93. The molecule has 0 spiro atoms. The molecule has 0 saturated carbocycles. The Balaban J connectivity index is 1.17. The van der Waals surface area contributed by atoms with Crippen LogP contribution in [0.3, 0.4) is 0 Å². The Bertz CT molecular complexity index is 1350. The molecule has 2 fully saturated rings. The molecule has 0 amide bonds. The first-order chi connectivity index (χ1) is 18.8. The summed E-state index contributed by atoms with van der Waals surface area (Å²) in [5.41, 5.74) is 4.77. The van der Waals surface area contributed by atoms with Gasteiger partial charge in [0.1, 0.15) is 5.75 Å². The van der Waals surface area contributed by atoms with Gasteiger partial charge in [0.2, 0.25) is 5.95 Å². The summed E-state index contributed by atoms with van der Waals surface area (Å²) in [7, 11) is 0. The van der Waals surface area contributed by atoms with E-state index in [0.29, 0.717) is 12.6 Å². The fraction of sp³-hybridized carbons (Fsp3) is 0.345. The largest absolute Gasteiger partial charge is 0.493 e. The lowest BCUT2D eigenvalue weighted by Gasteiger charge is -2.29. The molecule has 6 rings (SSSR count). The Morgan fingerprint density at radius 3 is 2.74 bits per heavy atom. The number of rotatable bonds is 8. The van der Waals surface area contributed by atoms with E-state index in [2.05, 4.69) is 55.1 Å². The van der Waals surface area contributed by atoms with Gasteiger partial charge < -0.3 is 30.3 Å². The molecule has 3 N–H and O–H groups in total. The quantitative estimate of drug-likeness (QED) is 0.328. The lowest BCUT2D eigenvalue weighted by molar-refractivity contribution is 0.0159. The molecule has 2 saturated heterocycles. The van der Waals surface area contributed by atoms with Gasteiger partial charge in [0.25, 0.3) is 0 Å². The second-order valence-corrected chi connectivity index (χ2v) is 9.56. The SMILES string of the molecule is c1cc(-c2cc(OCCC3CNCCO3)ccn2)c2nc(Nc3ccc(N4CCNCC4)cc3)ncc2c1. The topological polar surface area (TPSA) is 96.5 Å². The first-order valence-corrected chi connectivity index (χ1v) is 13.3. The van der Waals surface area contributed by atoms with Crippen LogP contribution < -0.4 is 25.6 Å². The standard InChI is InChI=1S/C29H33N7O2/c1-2-21-19-33-29(34-22-4-6-23(7-5-22)36-14-11-30-12-15-36)35-28(21)26(3-1)27-18-24(8-10-32-27)37-16-9-25-20-31-13-17-38-25/h1-8,10,18-19,25,30-31H,9,11-17,20H2,(H,33,34,35). The van der Waals surface area contributed by atoms with Crippen molar-refractivity contribution in [1.82, 2.24) is 25.6 Å². The van der Waals surface area contributed by atoms with Crippen molar-refractivity contribution in [2.24, 2.45) is 0 Å². The van der Waals surface area contributed by atoms with Gasteiger partial charge in [-0.15, -0.1) is 0 Å². The van der Waals surface area contributed by atoms with Crippen molar-refractivity contribution in [3.05, 3.63) is 67.0 Å². The molecule has 196 valence electrons. The number of benzene rings is 2. The highest BCUT2D eigenvalue weighted by Crippen LogP contribution is 2.29. The lowest BCUT2D eigenvalue weighted by atomic mass is 10.1. The maximum atomic E-state index is 6.04. The van der Waals surface area contributed by atoms with Gasteiger partial charge in [-0.3, -0.25) is 4.98 Å². The monoisotopic (exact) mass is 511 g/mol. The zero-order valence-corrected chi connectivity index (χ0v) is 21.4. The first-order valence-electron chi connectivity index (χ1n) is 13.3. The number of fused-ring (bicyclic) bond motifs is 1. The number of aromatic nitrogens is 3. The van der Waals surface area contributed by atoms with Crippen LogP contribution in [0.15, 0.2) is 67.0 Å². The van der Waals surface area contributed by atoms with Crippen LogP contribution >= 0.6 is 0 Å². The van der Waals surface area contributed by atoms with Crippen LogP contribution in [-0.2, 0) is 4.74 Å². The van der Waals surface area contributed by atoms with Crippen molar-refractivity contribution in [2.75, 3.05) is 62.7 Å². The molecule has 0 aliphatic carbocycles. The summed E-state index contributed by atoms with van der Waals surface area (Å²) in [4.78, 5) is 16.4. The summed E-state index contributed by atoms with van der Waals surface area (Å²) >= 11 is 0. The summed E-state index contributed by atoms with van der Waals surface area (Å²) in [5.74, 6) is 1.33. The minimum absolute atomic E-state index is 0.198. The van der Waals surface area contributed by atoms with Crippen LogP contribution in [0.2, 0.25) is 0 Å². The van der Waals surface area contributed by atoms with E-state index in [-0.39, 0.29) is 6.10 Å². The molecule has 0 radical (unpaired) electrons. The Morgan fingerprint density at radius 2 is 1.89 bits per heavy atom. The normalized spacial score (nSPS) is 17.9. The number of ether oxygens (including phenoxy) is 2. The lowest BCUT2D eigenvalue weighted by Crippen LogP contribution is -2.43. The summed E-state index contributed by atoms with van der Waals surface area (Å²) < 4.78 is 11.8. The van der Waals surface area contributed by atoms with E-state index >= 15 is 0 Å². The highest BCUT2D eigenvalue weighted by Gasteiger charge is 2.14. The second kappa shape index (κ2) is 11.7. The Labute approximate surface area is 222 Å². The third kappa shape index (κ3) is 5.85. The number of hydrogen-bond donors (Lipinski definition) is 3. The van der Waals surface area contributed by atoms with Crippen molar-refractivity contribution < 1.29 is 9.47 Å². The summed E-state index contributed by atoms with van der Waals surface area (Å²) in [5, 5.41) is 11.1. The van der Waals surface area contributed by atoms with Crippen molar-refractivity contribution in [2.45, 2.75) is 12.5 Å². The van der Waals surface area contributed by atoms with E-state index in [1.54, 1.807) is 6.20 Å². The summed E-state index contributed by atoms with van der Waals surface area (Å²) in [6.45, 7) is 7.22. The molecular weight excluding hydrogens is 478 g/mol. The molecular formula is C29H33N7O2. The van der Waals surface area contributed by atoms with Crippen LogP contribution in [0.4, 0.5) is 17.3 Å². The average Bonchev–Trinajstić information content (AvgIpc) is 2.98. The maximum Gasteiger partial charge on any atom is 0.227 e. The third-order valence-electron chi connectivity index (χ3n) is 6.94. The number of pyridine rings is 1. The van der Waals surface area contributed by atoms with Crippen molar-refractivity contribution >= 4 is 28.2 Å². The van der Waals surface area contributed by atoms with Gasteiger partial charge in [0.15, 0.2) is 0 Å². The van der Waals surface area contributed by atoms with E-state index in [9.17, 15) is 0 Å². The second-order valence-electron chi connectivity index (χ2n) is 9.56. The van der Waals surface area contributed by atoms with Crippen LogP contribution in [0, 0.1) is 0 Å². The average molecular weight is 512 g/mol. The van der Waals surface area contributed by atoms with Crippen LogP contribution in [-0.4, -0.2) is 73.5 Å². The predicted octanol–water partition coefficient (Wildman–Crippen LogP) is 3.60. The number of piperazine rings is 1. The number of nitrogens with one attached hydrogen (secondary N) is 3. The summed E-state index contributed by atoms with van der Waals surface area (Å²) in [6, 6.07) is 18.4. The molecule has 0 bridgehead atoms. The molecule has 1 unspecified atom stereocenters. The number of morpholine rings is 1. The van der Waals surface area contributed by atoms with Gasteiger partial charge in [0, 0.05) is 86.5 Å². The molecule has 2 aliphatic rings. The summed E-state index contributed by atoms with van der Waals surface area (Å²) in [6.07, 6.45) is 4.67. The molecule has 4 aromatic rings. The van der Waals surface area contributed by atoms with Gasteiger partial charge in [0.05, 0.1) is 30.5 Å². The molecule has 2 aromatic carbocycles. The van der Waals surface area contributed by atoms with E-state index < -0.39 is 0 Å². The smallest absolute Gasteiger partial charge is 0.227 e. The number of nitrogens with zero attached hydrogens (tertiary/aromatic N) is 4. The van der Waals surface area contributed by atoms with Gasteiger partial charge >= 0.3 is 0 Å². The van der Waals surface area contributed by atoms with Gasteiger partial charge in [-0.1, -0.05) is 18.2 Å². The Hall–Kier alpha value is -3.79. The van der Waals surface area contributed by atoms with E-state index in [0.717, 1.165) is 85.9 Å². The van der Waals surface area contributed by atoms with Crippen molar-refractivity contribution in [1.29, 1.82) is 0 Å². The molecule has 9 heteroatoms. The number of hydrogen-bond acceptors (Lipinski definition) is 9. The van der Waals surface area contributed by atoms with Crippen LogP contribution in [0.1, 0.15) is 6.42 Å². The predicted molar refractivity (Wildman–Crippen MR) is 150 cm³/mol. The minimum atomic E-state index is 0.198. The molecule has 1 atom stereocenters.